The molecule has 0 aliphatic heterocycles. The van der Waals surface area contributed by atoms with E-state index in [1.54, 1.807) is 6.08 Å². The van der Waals surface area contributed by atoms with Gasteiger partial charge >= 0.3 is 11.9 Å². The van der Waals surface area contributed by atoms with E-state index in [9.17, 15) is 14.7 Å². The number of methoxy groups -OCH3 is 1. The summed E-state index contributed by atoms with van der Waals surface area (Å²) in [6, 6.07) is 22.9. The minimum Gasteiger partial charge on any atom is -0.508 e. The summed E-state index contributed by atoms with van der Waals surface area (Å²) in [6.45, 7) is 3.89. The van der Waals surface area contributed by atoms with Crippen LogP contribution in [-0.2, 0) is 25.5 Å². The van der Waals surface area contributed by atoms with Crippen molar-refractivity contribution in [2.45, 2.75) is 68.1 Å². The van der Waals surface area contributed by atoms with Gasteiger partial charge in [0.15, 0.2) is 0 Å². The standard InChI is InChI=1S/C36H38O5S/c1-22(37)41-33-16-15-31-35-30(18-19-36(31,33)2)29-14-11-27(38)20-26(29)21-32(35)42-28-12-9-25(10-13-28)24-7-4-23(5-8-24)6-17-34(39)40-3/h4-14,17,20,30-33,35,38H,15-16,18-19,21H2,1-3H3/b17-6+/t30?,31?,32-,33+,35?,36+/m1/s1. The molecule has 0 spiro atoms. The molecule has 3 aromatic carbocycles. The molecule has 0 bridgehead atoms. The quantitative estimate of drug-likeness (QED) is 0.236. The first-order valence-corrected chi connectivity index (χ1v) is 15.8. The van der Waals surface area contributed by atoms with Gasteiger partial charge in [0.1, 0.15) is 11.9 Å². The van der Waals surface area contributed by atoms with Gasteiger partial charge in [0, 0.05) is 28.6 Å². The van der Waals surface area contributed by atoms with Gasteiger partial charge in [0.25, 0.3) is 0 Å². The molecule has 0 heterocycles. The lowest BCUT2D eigenvalue weighted by Crippen LogP contribution is -2.49. The second-order valence-corrected chi connectivity index (χ2v) is 13.6. The predicted molar refractivity (Wildman–Crippen MR) is 166 cm³/mol. The summed E-state index contributed by atoms with van der Waals surface area (Å²) in [6.07, 6.45) is 8.25. The lowest BCUT2D eigenvalue weighted by Gasteiger charge is -2.53. The fourth-order valence-electron chi connectivity index (χ4n) is 7.95. The minimum absolute atomic E-state index is 0.00211. The number of phenolic OH excluding ortho intramolecular Hbond substituents is 1. The highest BCUT2D eigenvalue weighted by atomic mass is 32.2. The van der Waals surface area contributed by atoms with Crippen LogP contribution in [0.1, 0.15) is 62.1 Å². The summed E-state index contributed by atoms with van der Waals surface area (Å²) in [5.41, 5.74) is 5.87. The van der Waals surface area contributed by atoms with Gasteiger partial charge < -0.3 is 14.6 Å². The Labute approximate surface area is 252 Å². The van der Waals surface area contributed by atoms with Crippen LogP contribution in [-0.4, -0.2) is 35.5 Å². The van der Waals surface area contributed by atoms with Crippen molar-refractivity contribution < 1.29 is 24.2 Å². The number of thioether (sulfide) groups is 1. The Kier molecular flexibility index (Phi) is 7.93. The van der Waals surface area contributed by atoms with E-state index in [1.807, 2.05) is 36.0 Å². The summed E-state index contributed by atoms with van der Waals surface area (Å²) in [4.78, 5) is 24.6. The maximum absolute atomic E-state index is 11.9. The smallest absolute Gasteiger partial charge is 0.330 e. The van der Waals surface area contributed by atoms with Crippen LogP contribution in [0.5, 0.6) is 5.75 Å². The number of hydrogen-bond acceptors (Lipinski definition) is 6. The fourth-order valence-corrected chi connectivity index (χ4v) is 9.39. The molecule has 0 radical (unpaired) electrons. The Bertz CT molecular complexity index is 1490. The number of aromatic hydroxyl groups is 1. The number of ether oxygens (including phenoxy) is 2. The van der Waals surface area contributed by atoms with Crippen molar-refractivity contribution in [3.8, 4) is 16.9 Å². The van der Waals surface area contributed by atoms with Crippen molar-refractivity contribution >= 4 is 29.8 Å². The van der Waals surface area contributed by atoms with E-state index in [2.05, 4.69) is 54.1 Å². The highest BCUT2D eigenvalue weighted by Gasteiger charge is 2.58. The lowest BCUT2D eigenvalue weighted by atomic mass is 9.55. The zero-order chi connectivity index (χ0) is 29.4. The second kappa shape index (κ2) is 11.6. The molecule has 42 heavy (non-hydrogen) atoms. The maximum atomic E-state index is 11.9. The normalized spacial score (nSPS) is 28.0. The van der Waals surface area contributed by atoms with Crippen LogP contribution in [0.3, 0.4) is 0 Å². The van der Waals surface area contributed by atoms with E-state index in [1.165, 1.54) is 36.1 Å². The number of fused-ring (bicyclic) bond motifs is 5. The van der Waals surface area contributed by atoms with E-state index in [4.69, 9.17) is 4.74 Å². The molecular weight excluding hydrogens is 544 g/mol. The van der Waals surface area contributed by atoms with Crippen LogP contribution >= 0.6 is 11.8 Å². The van der Waals surface area contributed by atoms with Crippen molar-refractivity contribution in [3.63, 3.8) is 0 Å². The van der Waals surface area contributed by atoms with Crippen molar-refractivity contribution in [3.05, 3.63) is 89.5 Å². The molecule has 218 valence electrons. The maximum Gasteiger partial charge on any atom is 0.330 e. The topological polar surface area (TPSA) is 72.8 Å². The number of benzene rings is 3. The fraction of sp³-hybridized carbons (Fsp3) is 0.389. The molecule has 1 N–H and O–H groups in total. The van der Waals surface area contributed by atoms with Crippen molar-refractivity contribution in [1.82, 2.24) is 0 Å². The molecule has 2 fully saturated rings. The number of carbonyl (C=O) groups is 2. The van der Waals surface area contributed by atoms with Crippen molar-refractivity contribution in [1.29, 1.82) is 0 Å². The van der Waals surface area contributed by atoms with Crippen LogP contribution in [0.4, 0.5) is 0 Å². The molecule has 6 heteroatoms. The molecule has 3 aromatic rings. The van der Waals surface area contributed by atoms with Crippen LogP contribution < -0.4 is 0 Å². The highest BCUT2D eigenvalue weighted by molar-refractivity contribution is 8.00. The van der Waals surface area contributed by atoms with Crippen LogP contribution in [0.15, 0.2) is 77.7 Å². The minimum atomic E-state index is -0.369. The van der Waals surface area contributed by atoms with Gasteiger partial charge in [0.2, 0.25) is 0 Å². The second-order valence-electron chi connectivity index (χ2n) is 12.3. The van der Waals surface area contributed by atoms with Crippen LogP contribution in [0.25, 0.3) is 17.2 Å². The van der Waals surface area contributed by atoms with Gasteiger partial charge in [0.05, 0.1) is 7.11 Å². The zero-order valence-corrected chi connectivity index (χ0v) is 25.2. The van der Waals surface area contributed by atoms with E-state index in [0.717, 1.165) is 48.8 Å². The van der Waals surface area contributed by atoms with Gasteiger partial charge in [-0.05, 0) is 108 Å². The van der Waals surface area contributed by atoms with E-state index in [-0.39, 0.29) is 23.5 Å². The third-order valence-corrected chi connectivity index (χ3v) is 11.3. The largest absolute Gasteiger partial charge is 0.508 e. The average Bonchev–Trinajstić information content (AvgIpc) is 3.31. The van der Waals surface area contributed by atoms with Crippen LogP contribution in [0, 0.1) is 17.3 Å². The first kappa shape index (κ1) is 28.6. The molecule has 2 saturated carbocycles. The molecule has 6 atom stereocenters. The molecule has 5 nitrogen and oxygen atoms in total. The van der Waals surface area contributed by atoms with E-state index in [0.29, 0.717) is 28.8 Å². The summed E-state index contributed by atoms with van der Waals surface area (Å²) in [5.74, 6) is 1.22. The average molecular weight is 583 g/mol. The number of rotatable bonds is 6. The van der Waals surface area contributed by atoms with Gasteiger partial charge in [-0.25, -0.2) is 4.79 Å². The molecule has 0 saturated heterocycles. The molecule has 3 unspecified atom stereocenters. The van der Waals surface area contributed by atoms with Crippen molar-refractivity contribution in [2.75, 3.05) is 7.11 Å². The number of carbonyl (C=O) groups excluding carboxylic acids is 2. The SMILES string of the molecule is COC(=O)/C=C/c1ccc(-c2ccc(S[C@@H]3Cc4cc(O)ccc4C4CC[C@@]5(C)C(CC[C@@H]5OC(C)=O)C43)cc2)cc1. The molecular formula is C36H38O5S. The summed E-state index contributed by atoms with van der Waals surface area (Å²) in [7, 11) is 1.37. The highest BCUT2D eigenvalue weighted by Crippen LogP contribution is 2.63. The Balaban J connectivity index is 1.24. The summed E-state index contributed by atoms with van der Waals surface area (Å²) < 4.78 is 10.6. The molecule has 3 aliphatic carbocycles. The van der Waals surface area contributed by atoms with Gasteiger partial charge in [-0.15, -0.1) is 11.8 Å². The molecule has 6 rings (SSSR count). The van der Waals surface area contributed by atoms with Gasteiger partial charge in [-0.2, -0.15) is 0 Å². The third-order valence-electron chi connectivity index (χ3n) is 9.93. The monoisotopic (exact) mass is 582 g/mol. The zero-order valence-electron chi connectivity index (χ0n) is 24.4. The first-order chi connectivity index (χ1) is 20.2. The molecule has 3 aliphatic rings. The Morgan fingerprint density at radius 3 is 2.38 bits per heavy atom. The number of esters is 2. The third kappa shape index (κ3) is 5.49. The van der Waals surface area contributed by atoms with Gasteiger partial charge in [-0.1, -0.05) is 49.4 Å². The number of hydrogen-bond donors (Lipinski definition) is 1. The molecule has 0 aromatic heterocycles. The Morgan fingerprint density at radius 1 is 0.976 bits per heavy atom. The summed E-state index contributed by atoms with van der Waals surface area (Å²) >= 11 is 1.96. The van der Waals surface area contributed by atoms with E-state index < -0.39 is 0 Å². The number of phenols is 1. The summed E-state index contributed by atoms with van der Waals surface area (Å²) in [5, 5.41) is 10.7. The van der Waals surface area contributed by atoms with E-state index >= 15 is 0 Å². The van der Waals surface area contributed by atoms with Crippen molar-refractivity contribution in [2.24, 2.45) is 17.3 Å². The van der Waals surface area contributed by atoms with Crippen LogP contribution in [0.2, 0.25) is 0 Å². The predicted octanol–water partition coefficient (Wildman–Crippen LogP) is 7.80. The first-order valence-electron chi connectivity index (χ1n) is 14.9. The Morgan fingerprint density at radius 2 is 1.69 bits per heavy atom. The lowest BCUT2D eigenvalue weighted by molar-refractivity contribution is -0.154. The Hall–Kier alpha value is -3.51. The molecule has 0 amide bonds. The van der Waals surface area contributed by atoms with Gasteiger partial charge in [-0.3, -0.25) is 4.79 Å².